The zero-order valence-corrected chi connectivity index (χ0v) is 9.85. The Balaban J connectivity index is 2.49. The van der Waals surface area contributed by atoms with Gasteiger partial charge in [0.25, 0.3) is 0 Å². The molecule has 0 amide bonds. The molecule has 0 aliphatic carbocycles. The van der Waals surface area contributed by atoms with Gasteiger partial charge in [0.15, 0.2) is 0 Å². The molecule has 1 aliphatic heterocycles. The van der Waals surface area contributed by atoms with E-state index in [-0.39, 0.29) is 6.10 Å². The van der Waals surface area contributed by atoms with Gasteiger partial charge in [-0.1, -0.05) is 13.3 Å². The summed E-state index contributed by atoms with van der Waals surface area (Å²) < 4.78 is 5.86. The molecular formula is C12H24O3. The van der Waals surface area contributed by atoms with Crippen LogP contribution in [-0.2, 0) is 4.74 Å². The van der Waals surface area contributed by atoms with Crippen LogP contribution in [0.2, 0.25) is 0 Å². The second-order valence-electron chi connectivity index (χ2n) is 4.66. The molecule has 4 unspecified atom stereocenters. The third-order valence-electron chi connectivity index (χ3n) is 3.08. The maximum Gasteiger partial charge on any atom is 0.0823 e. The summed E-state index contributed by atoms with van der Waals surface area (Å²) in [5.74, 6) is 0. The molecule has 0 aromatic carbocycles. The van der Waals surface area contributed by atoms with E-state index in [9.17, 15) is 10.2 Å². The van der Waals surface area contributed by atoms with Gasteiger partial charge in [-0.05, 0) is 32.6 Å². The van der Waals surface area contributed by atoms with Gasteiger partial charge in [0.05, 0.1) is 24.4 Å². The van der Waals surface area contributed by atoms with E-state index in [0.29, 0.717) is 18.9 Å². The van der Waals surface area contributed by atoms with Crippen LogP contribution in [0.15, 0.2) is 0 Å². The highest BCUT2D eigenvalue weighted by Gasteiger charge is 2.23. The molecule has 1 heterocycles. The Hall–Kier alpha value is -0.120. The number of hydrogen-bond donors (Lipinski definition) is 2. The Labute approximate surface area is 92.4 Å². The topological polar surface area (TPSA) is 49.7 Å². The first-order chi connectivity index (χ1) is 7.13. The van der Waals surface area contributed by atoms with Gasteiger partial charge < -0.3 is 14.9 Å². The summed E-state index contributed by atoms with van der Waals surface area (Å²) >= 11 is 0. The Kier molecular flexibility index (Phi) is 5.58. The van der Waals surface area contributed by atoms with Crippen molar-refractivity contribution in [3.05, 3.63) is 0 Å². The SMILES string of the molecule is CCCC1CCCC(O)C(O)CC(C)O1. The molecule has 1 aliphatic rings. The minimum Gasteiger partial charge on any atom is -0.390 e. The van der Waals surface area contributed by atoms with Crippen molar-refractivity contribution in [2.75, 3.05) is 0 Å². The van der Waals surface area contributed by atoms with Gasteiger partial charge >= 0.3 is 0 Å². The lowest BCUT2D eigenvalue weighted by molar-refractivity contribution is -0.0474. The van der Waals surface area contributed by atoms with Crippen LogP contribution in [0.5, 0.6) is 0 Å². The second kappa shape index (κ2) is 6.46. The first-order valence-corrected chi connectivity index (χ1v) is 6.15. The molecule has 0 aromatic rings. The molecule has 4 atom stereocenters. The molecule has 0 spiro atoms. The number of aliphatic hydroxyl groups is 2. The van der Waals surface area contributed by atoms with Crippen molar-refractivity contribution >= 4 is 0 Å². The zero-order valence-electron chi connectivity index (χ0n) is 9.85. The van der Waals surface area contributed by atoms with E-state index in [1.807, 2.05) is 6.92 Å². The summed E-state index contributed by atoms with van der Waals surface area (Å²) in [7, 11) is 0. The molecular weight excluding hydrogens is 192 g/mol. The average molecular weight is 216 g/mol. The second-order valence-corrected chi connectivity index (χ2v) is 4.66. The number of aliphatic hydroxyl groups excluding tert-OH is 2. The molecule has 15 heavy (non-hydrogen) atoms. The molecule has 2 N–H and O–H groups in total. The lowest BCUT2D eigenvalue weighted by Crippen LogP contribution is -2.29. The average Bonchev–Trinajstić information content (AvgIpc) is 2.21. The molecule has 0 bridgehead atoms. The largest absolute Gasteiger partial charge is 0.390 e. The minimum atomic E-state index is -0.625. The van der Waals surface area contributed by atoms with Crippen LogP contribution in [0.3, 0.4) is 0 Å². The number of rotatable bonds is 2. The van der Waals surface area contributed by atoms with Gasteiger partial charge in [0.1, 0.15) is 0 Å². The van der Waals surface area contributed by atoms with E-state index in [2.05, 4.69) is 6.92 Å². The van der Waals surface area contributed by atoms with Gasteiger partial charge in [-0.2, -0.15) is 0 Å². The maximum atomic E-state index is 9.66. The van der Waals surface area contributed by atoms with Crippen LogP contribution < -0.4 is 0 Å². The van der Waals surface area contributed by atoms with E-state index in [4.69, 9.17) is 4.74 Å². The molecule has 90 valence electrons. The number of ether oxygens (including phenoxy) is 1. The maximum absolute atomic E-state index is 9.66. The first kappa shape index (κ1) is 12.9. The normalized spacial score (nSPS) is 39.2. The minimum absolute atomic E-state index is 0.0456. The van der Waals surface area contributed by atoms with Crippen molar-refractivity contribution < 1.29 is 14.9 Å². The number of hydrogen-bond acceptors (Lipinski definition) is 3. The quantitative estimate of drug-likeness (QED) is 0.740. The van der Waals surface area contributed by atoms with Gasteiger partial charge in [0, 0.05) is 6.42 Å². The summed E-state index contributed by atoms with van der Waals surface area (Å²) in [6.07, 6.45) is 4.54. The molecule has 0 radical (unpaired) electrons. The summed E-state index contributed by atoms with van der Waals surface area (Å²) in [5, 5.41) is 19.3. The van der Waals surface area contributed by atoms with E-state index in [0.717, 1.165) is 25.7 Å². The molecule has 1 rings (SSSR count). The molecule has 1 fully saturated rings. The summed E-state index contributed by atoms with van der Waals surface area (Å²) in [6.45, 7) is 4.13. The van der Waals surface area contributed by atoms with Crippen molar-refractivity contribution in [1.29, 1.82) is 0 Å². The third-order valence-corrected chi connectivity index (χ3v) is 3.08. The lowest BCUT2D eigenvalue weighted by Gasteiger charge is -2.22. The smallest absolute Gasteiger partial charge is 0.0823 e. The van der Waals surface area contributed by atoms with Gasteiger partial charge in [-0.15, -0.1) is 0 Å². The van der Waals surface area contributed by atoms with E-state index in [1.54, 1.807) is 0 Å². The molecule has 3 heteroatoms. The fraction of sp³-hybridized carbons (Fsp3) is 1.00. The van der Waals surface area contributed by atoms with Crippen LogP contribution >= 0.6 is 0 Å². The third kappa shape index (κ3) is 4.49. The van der Waals surface area contributed by atoms with Crippen LogP contribution in [-0.4, -0.2) is 34.6 Å². The lowest BCUT2D eigenvalue weighted by atomic mass is 10.0. The Morgan fingerprint density at radius 2 is 1.93 bits per heavy atom. The van der Waals surface area contributed by atoms with E-state index in [1.165, 1.54) is 0 Å². The predicted molar refractivity (Wildman–Crippen MR) is 59.7 cm³/mol. The molecule has 0 aromatic heterocycles. The fourth-order valence-electron chi connectivity index (χ4n) is 2.23. The van der Waals surface area contributed by atoms with Crippen molar-refractivity contribution in [1.82, 2.24) is 0 Å². The standard InChI is InChI=1S/C12H24O3/c1-3-5-10-6-4-7-11(13)12(14)8-9(2)15-10/h9-14H,3-8H2,1-2H3. The molecule has 3 nitrogen and oxygen atoms in total. The van der Waals surface area contributed by atoms with Crippen LogP contribution in [0.1, 0.15) is 52.4 Å². The van der Waals surface area contributed by atoms with Crippen molar-refractivity contribution in [2.45, 2.75) is 76.8 Å². The van der Waals surface area contributed by atoms with E-state index >= 15 is 0 Å². The Bertz CT molecular complexity index is 172. The van der Waals surface area contributed by atoms with Crippen LogP contribution in [0.25, 0.3) is 0 Å². The monoisotopic (exact) mass is 216 g/mol. The first-order valence-electron chi connectivity index (χ1n) is 6.15. The molecule has 1 saturated heterocycles. The van der Waals surface area contributed by atoms with Crippen molar-refractivity contribution in [2.24, 2.45) is 0 Å². The highest BCUT2D eigenvalue weighted by molar-refractivity contribution is 4.74. The van der Waals surface area contributed by atoms with Gasteiger partial charge in [0.2, 0.25) is 0 Å². The summed E-state index contributed by atoms with van der Waals surface area (Å²) in [5.41, 5.74) is 0. The van der Waals surface area contributed by atoms with Crippen molar-refractivity contribution in [3.8, 4) is 0 Å². The van der Waals surface area contributed by atoms with Gasteiger partial charge in [-0.3, -0.25) is 0 Å². The van der Waals surface area contributed by atoms with Crippen LogP contribution in [0.4, 0.5) is 0 Å². The highest BCUT2D eigenvalue weighted by Crippen LogP contribution is 2.21. The predicted octanol–water partition coefficient (Wildman–Crippen LogP) is 1.86. The van der Waals surface area contributed by atoms with Crippen LogP contribution in [0, 0.1) is 0 Å². The van der Waals surface area contributed by atoms with Gasteiger partial charge in [-0.25, -0.2) is 0 Å². The Morgan fingerprint density at radius 3 is 2.60 bits per heavy atom. The summed E-state index contributed by atoms with van der Waals surface area (Å²) in [6, 6.07) is 0. The summed E-state index contributed by atoms with van der Waals surface area (Å²) in [4.78, 5) is 0. The molecule has 0 saturated carbocycles. The fourth-order valence-corrected chi connectivity index (χ4v) is 2.23. The van der Waals surface area contributed by atoms with Crippen molar-refractivity contribution in [3.63, 3.8) is 0 Å². The highest BCUT2D eigenvalue weighted by atomic mass is 16.5. The van der Waals surface area contributed by atoms with E-state index < -0.39 is 12.2 Å². The zero-order chi connectivity index (χ0) is 11.3. The Morgan fingerprint density at radius 1 is 1.20 bits per heavy atom.